The molecule has 6 heteroatoms. The highest BCUT2D eigenvalue weighted by molar-refractivity contribution is 6.58. The van der Waals surface area contributed by atoms with Crippen LogP contribution in [0.25, 0.3) is 0 Å². The molecule has 0 saturated carbocycles. The molecule has 0 bridgehead atoms. The van der Waals surface area contributed by atoms with Gasteiger partial charge in [0.25, 0.3) is 5.91 Å². The Labute approximate surface area is 87.5 Å². The van der Waals surface area contributed by atoms with Gasteiger partial charge in [-0.3, -0.25) is 4.79 Å². The summed E-state index contributed by atoms with van der Waals surface area (Å²) in [4.78, 5) is 11.4. The first-order valence-electron chi connectivity index (χ1n) is 4.50. The van der Waals surface area contributed by atoms with Gasteiger partial charge in [0.15, 0.2) is 0 Å². The van der Waals surface area contributed by atoms with Crippen LogP contribution in [-0.4, -0.2) is 41.3 Å². The second kappa shape index (κ2) is 5.50. The molecule has 0 fully saturated rings. The molecule has 0 aliphatic carbocycles. The van der Waals surface area contributed by atoms with Gasteiger partial charge in [0.2, 0.25) is 0 Å². The minimum atomic E-state index is -1.59. The van der Waals surface area contributed by atoms with E-state index < -0.39 is 7.12 Å². The number of aliphatic hydroxyl groups excluding tert-OH is 1. The van der Waals surface area contributed by atoms with Crippen molar-refractivity contribution in [1.29, 1.82) is 0 Å². The number of aliphatic hydroxyl groups is 1. The topological polar surface area (TPSA) is 89.8 Å². The van der Waals surface area contributed by atoms with E-state index in [0.29, 0.717) is 5.56 Å². The summed E-state index contributed by atoms with van der Waals surface area (Å²) >= 11 is 0. The lowest BCUT2D eigenvalue weighted by Crippen LogP contribution is -2.32. The number of nitrogens with one attached hydrogen (secondary N) is 1. The predicted molar refractivity (Wildman–Crippen MR) is 55.7 cm³/mol. The Morgan fingerprint density at radius 3 is 2.73 bits per heavy atom. The summed E-state index contributed by atoms with van der Waals surface area (Å²) in [5.41, 5.74) is 0.584. The van der Waals surface area contributed by atoms with E-state index in [0.717, 1.165) is 0 Å². The molecule has 1 aromatic carbocycles. The van der Waals surface area contributed by atoms with Crippen LogP contribution in [0.5, 0.6) is 0 Å². The number of carbonyl (C=O) groups is 1. The van der Waals surface area contributed by atoms with Crippen LogP contribution in [0.15, 0.2) is 24.3 Å². The number of hydrogen-bond donors (Lipinski definition) is 4. The van der Waals surface area contributed by atoms with E-state index in [9.17, 15) is 4.79 Å². The SMILES string of the molecule is O=C(NCCO)c1cccc(B(O)O)c1. The summed E-state index contributed by atoms with van der Waals surface area (Å²) < 4.78 is 0. The van der Waals surface area contributed by atoms with Gasteiger partial charge >= 0.3 is 7.12 Å². The fraction of sp³-hybridized carbons (Fsp3) is 0.222. The molecule has 5 nitrogen and oxygen atoms in total. The Morgan fingerprint density at radius 1 is 1.40 bits per heavy atom. The molecule has 0 heterocycles. The van der Waals surface area contributed by atoms with Crippen molar-refractivity contribution in [2.75, 3.05) is 13.2 Å². The minimum Gasteiger partial charge on any atom is -0.423 e. The molecule has 0 atom stereocenters. The lowest BCUT2D eigenvalue weighted by molar-refractivity contribution is 0.0945. The van der Waals surface area contributed by atoms with E-state index >= 15 is 0 Å². The lowest BCUT2D eigenvalue weighted by Gasteiger charge is -2.05. The summed E-state index contributed by atoms with van der Waals surface area (Å²) in [6, 6.07) is 6.01. The first kappa shape index (κ1) is 11.7. The van der Waals surface area contributed by atoms with Gasteiger partial charge in [0, 0.05) is 12.1 Å². The zero-order chi connectivity index (χ0) is 11.3. The average Bonchev–Trinajstić information content (AvgIpc) is 2.26. The smallest absolute Gasteiger partial charge is 0.423 e. The molecule has 0 spiro atoms. The first-order chi connectivity index (χ1) is 7.15. The van der Waals surface area contributed by atoms with Crippen molar-refractivity contribution in [3.8, 4) is 0 Å². The summed E-state index contributed by atoms with van der Waals surface area (Å²) in [7, 11) is -1.59. The number of rotatable bonds is 4. The van der Waals surface area contributed by atoms with Crippen molar-refractivity contribution in [1.82, 2.24) is 5.32 Å². The van der Waals surface area contributed by atoms with Crippen LogP contribution >= 0.6 is 0 Å². The average molecular weight is 209 g/mol. The third-order valence-electron chi connectivity index (χ3n) is 1.84. The predicted octanol–water partition coefficient (Wildman–Crippen LogP) is -1.91. The molecule has 0 aliphatic heterocycles. The van der Waals surface area contributed by atoms with Crippen LogP contribution in [0.2, 0.25) is 0 Å². The van der Waals surface area contributed by atoms with Gasteiger partial charge in [0.1, 0.15) is 0 Å². The molecule has 1 rings (SSSR count). The van der Waals surface area contributed by atoms with Crippen molar-refractivity contribution < 1.29 is 19.9 Å². The van der Waals surface area contributed by atoms with E-state index in [-0.39, 0.29) is 24.5 Å². The third-order valence-corrected chi connectivity index (χ3v) is 1.84. The molecule has 0 aromatic heterocycles. The van der Waals surface area contributed by atoms with Crippen molar-refractivity contribution >= 4 is 18.5 Å². The molecule has 4 N–H and O–H groups in total. The first-order valence-corrected chi connectivity index (χ1v) is 4.50. The fourth-order valence-corrected chi connectivity index (χ4v) is 1.11. The zero-order valence-corrected chi connectivity index (χ0v) is 8.05. The Balaban J connectivity index is 2.76. The highest BCUT2D eigenvalue weighted by atomic mass is 16.4. The Kier molecular flexibility index (Phi) is 4.29. The Morgan fingerprint density at radius 2 is 2.13 bits per heavy atom. The standard InChI is InChI=1S/C9H12BNO4/c12-5-4-11-9(13)7-2-1-3-8(6-7)10(14)15/h1-3,6,12,14-15H,4-5H2,(H,11,13). The summed E-state index contributed by atoms with van der Waals surface area (Å²) in [5.74, 6) is -0.355. The van der Waals surface area contributed by atoms with Gasteiger partial charge in [-0.15, -0.1) is 0 Å². The maximum atomic E-state index is 11.4. The lowest BCUT2D eigenvalue weighted by atomic mass is 9.79. The van der Waals surface area contributed by atoms with Crippen molar-refractivity contribution in [3.05, 3.63) is 29.8 Å². The third kappa shape index (κ3) is 3.36. The number of hydrogen-bond acceptors (Lipinski definition) is 4. The molecule has 80 valence electrons. The van der Waals surface area contributed by atoms with Crippen LogP contribution in [0, 0.1) is 0 Å². The largest absolute Gasteiger partial charge is 0.488 e. The molecule has 15 heavy (non-hydrogen) atoms. The monoisotopic (exact) mass is 209 g/mol. The van der Waals surface area contributed by atoms with E-state index in [2.05, 4.69) is 5.32 Å². The molecule has 1 aromatic rings. The molecular formula is C9H12BNO4. The highest BCUT2D eigenvalue weighted by Crippen LogP contribution is 1.96. The van der Waals surface area contributed by atoms with Gasteiger partial charge in [0.05, 0.1) is 6.61 Å². The van der Waals surface area contributed by atoms with Gasteiger partial charge < -0.3 is 20.5 Å². The van der Waals surface area contributed by atoms with Gasteiger partial charge in [-0.1, -0.05) is 12.1 Å². The zero-order valence-electron chi connectivity index (χ0n) is 8.05. The summed E-state index contributed by atoms with van der Waals surface area (Å²) in [6.45, 7) is 0.0405. The molecule has 0 saturated heterocycles. The maximum Gasteiger partial charge on any atom is 0.488 e. The minimum absolute atomic E-state index is 0.131. The Bertz CT molecular complexity index is 343. The Hall–Kier alpha value is -1.37. The molecular weight excluding hydrogens is 197 g/mol. The van der Waals surface area contributed by atoms with Crippen LogP contribution in [0.3, 0.4) is 0 Å². The van der Waals surface area contributed by atoms with Crippen molar-refractivity contribution in [2.45, 2.75) is 0 Å². The second-order valence-electron chi connectivity index (χ2n) is 2.98. The summed E-state index contributed by atoms with van der Waals surface area (Å²) in [5, 5.41) is 28.8. The quantitative estimate of drug-likeness (QED) is 0.435. The van der Waals surface area contributed by atoms with E-state index in [1.807, 2.05) is 0 Å². The van der Waals surface area contributed by atoms with Gasteiger partial charge in [-0.25, -0.2) is 0 Å². The van der Waals surface area contributed by atoms with Crippen LogP contribution in [-0.2, 0) is 0 Å². The fourth-order valence-electron chi connectivity index (χ4n) is 1.11. The van der Waals surface area contributed by atoms with Gasteiger partial charge in [-0.05, 0) is 17.6 Å². The molecule has 0 unspecified atom stereocenters. The number of carbonyl (C=O) groups excluding carboxylic acids is 1. The van der Waals surface area contributed by atoms with Crippen LogP contribution < -0.4 is 10.8 Å². The van der Waals surface area contributed by atoms with Crippen LogP contribution in [0.1, 0.15) is 10.4 Å². The van der Waals surface area contributed by atoms with Crippen molar-refractivity contribution in [3.63, 3.8) is 0 Å². The summed E-state index contributed by atoms with van der Waals surface area (Å²) in [6.07, 6.45) is 0. The van der Waals surface area contributed by atoms with Crippen LogP contribution in [0.4, 0.5) is 0 Å². The normalized spacial score (nSPS) is 9.80. The van der Waals surface area contributed by atoms with E-state index in [1.165, 1.54) is 12.1 Å². The number of amides is 1. The maximum absolute atomic E-state index is 11.4. The van der Waals surface area contributed by atoms with Gasteiger partial charge in [-0.2, -0.15) is 0 Å². The molecule has 0 radical (unpaired) electrons. The second-order valence-corrected chi connectivity index (χ2v) is 2.98. The molecule has 1 amide bonds. The molecule has 0 aliphatic rings. The van der Waals surface area contributed by atoms with E-state index in [4.69, 9.17) is 15.2 Å². The van der Waals surface area contributed by atoms with E-state index in [1.54, 1.807) is 12.1 Å². The highest BCUT2D eigenvalue weighted by Gasteiger charge is 2.13. The van der Waals surface area contributed by atoms with Crippen molar-refractivity contribution in [2.24, 2.45) is 0 Å². The number of benzene rings is 1.